The number of phenolic OH excluding ortho intramolecular Hbond substituents is 1. The van der Waals surface area contributed by atoms with Gasteiger partial charge in [-0.25, -0.2) is 0 Å². The summed E-state index contributed by atoms with van der Waals surface area (Å²) in [5, 5.41) is 21.3. The van der Waals surface area contributed by atoms with Crippen molar-refractivity contribution in [2.75, 3.05) is 14.2 Å². The molecule has 5 aromatic carbocycles. The van der Waals surface area contributed by atoms with Crippen molar-refractivity contribution in [3.63, 3.8) is 0 Å². The summed E-state index contributed by atoms with van der Waals surface area (Å²) in [7, 11) is 2.97. The molecule has 0 saturated carbocycles. The fourth-order valence-electron chi connectivity index (χ4n) is 4.72. The summed E-state index contributed by atoms with van der Waals surface area (Å²) in [6, 6.07) is 39.7. The van der Waals surface area contributed by atoms with Crippen molar-refractivity contribution in [1.29, 1.82) is 0 Å². The van der Waals surface area contributed by atoms with E-state index in [9.17, 15) is 5.11 Å². The van der Waals surface area contributed by atoms with E-state index in [-0.39, 0.29) is 5.75 Å². The molecule has 0 saturated heterocycles. The maximum atomic E-state index is 11.0. The average molecular weight is 664 g/mol. The molecule has 5 aromatic rings. The minimum atomic E-state index is 0.283. The van der Waals surface area contributed by atoms with Gasteiger partial charge in [-0.1, -0.05) is 165 Å². The highest BCUT2D eigenvalue weighted by Gasteiger charge is 2.11. The second-order valence-corrected chi connectivity index (χ2v) is 9.90. The highest BCUT2D eigenvalue weighted by Crippen LogP contribution is 2.37. The quantitative estimate of drug-likeness (QED) is 0.152. The normalized spacial score (nSPS) is 8.98. The van der Waals surface area contributed by atoms with Crippen molar-refractivity contribution >= 4 is 0 Å². The van der Waals surface area contributed by atoms with Gasteiger partial charge in [0.1, 0.15) is 5.75 Å². The fraction of sp³-hybridized carbons (Fsp3) is 0.304. The zero-order valence-electron chi connectivity index (χ0n) is 32.4. The fourth-order valence-corrected chi connectivity index (χ4v) is 4.72. The van der Waals surface area contributed by atoms with E-state index in [4.69, 9.17) is 5.11 Å². The molecule has 5 rings (SSSR count). The lowest BCUT2D eigenvalue weighted by Gasteiger charge is -2.13. The van der Waals surface area contributed by atoms with Crippen molar-refractivity contribution in [2.45, 2.75) is 81.7 Å². The number of aromatic hydroxyl groups is 1. The first kappa shape index (κ1) is 46.7. The number of unbranched alkanes of at least 4 members (excludes halogenated alkanes) is 1. The molecule has 0 spiro atoms. The van der Waals surface area contributed by atoms with E-state index in [0.717, 1.165) is 41.5 Å². The van der Waals surface area contributed by atoms with Crippen LogP contribution in [-0.2, 0) is 6.54 Å². The number of phenols is 1. The van der Waals surface area contributed by atoms with E-state index < -0.39 is 0 Å². The van der Waals surface area contributed by atoms with Crippen LogP contribution in [0.2, 0.25) is 0 Å². The van der Waals surface area contributed by atoms with Crippen LogP contribution < -0.4 is 5.32 Å². The Hall–Kier alpha value is -4.44. The number of nitrogens with one attached hydrogen (secondary N) is 1. The molecule has 0 amide bonds. The van der Waals surface area contributed by atoms with Gasteiger partial charge in [0.25, 0.3) is 0 Å². The minimum Gasteiger partial charge on any atom is -0.507 e. The molecule has 0 radical (unpaired) electrons. The van der Waals surface area contributed by atoms with Crippen LogP contribution in [0.1, 0.15) is 79.4 Å². The Balaban J connectivity index is 0. The molecule has 0 aliphatic heterocycles. The Morgan fingerprint density at radius 3 is 1.45 bits per heavy atom. The van der Waals surface area contributed by atoms with E-state index in [0.29, 0.717) is 0 Å². The zero-order chi connectivity index (χ0) is 37.6. The van der Waals surface area contributed by atoms with E-state index in [2.05, 4.69) is 142 Å². The molecule has 266 valence electrons. The van der Waals surface area contributed by atoms with Crippen LogP contribution in [-0.4, -0.2) is 24.4 Å². The Bertz CT molecular complexity index is 1540. The maximum absolute atomic E-state index is 11.0. The summed E-state index contributed by atoms with van der Waals surface area (Å²) < 4.78 is 0. The number of benzene rings is 5. The molecule has 3 N–H and O–H groups in total. The van der Waals surface area contributed by atoms with Gasteiger partial charge in [0.15, 0.2) is 0 Å². The second-order valence-electron chi connectivity index (χ2n) is 9.90. The molecule has 0 unspecified atom stereocenters. The molecule has 49 heavy (non-hydrogen) atoms. The number of aryl methyl sites for hydroxylation is 1. The van der Waals surface area contributed by atoms with Crippen LogP contribution in [0.25, 0.3) is 44.5 Å². The predicted octanol–water partition coefficient (Wildman–Crippen LogP) is 13.4. The zero-order valence-corrected chi connectivity index (χ0v) is 32.4. The number of hydrogen-bond donors (Lipinski definition) is 3. The number of aliphatic hydroxyl groups is 1. The Morgan fingerprint density at radius 2 is 0.939 bits per heavy atom. The van der Waals surface area contributed by atoms with Gasteiger partial charge < -0.3 is 15.5 Å². The summed E-state index contributed by atoms with van der Waals surface area (Å²) in [5.41, 5.74) is 11.2. The molecule has 3 heteroatoms. The average Bonchev–Trinajstić information content (AvgIpc) is 3.19. The largest absolute Gasteiger partial charge is 0.507 e. The van der Waals surface area contributed by atoms with Crippen molar-refractivity contribution < 1.29 is 10.2 Å². The van der Waals surface area contributed by atoms with E-state index in [1.807, 2.05) is 60.7 Å². The lowest BCUT2D eigenvalue weighted by molar-refractivity contribution is 0.399. The first-order chi connectivity index (χ1) is 24.0. The first-order valence-electron chi connectivity index (χ1n) is 17.8. The van der Waals surface area contributed by atoms with Gasteiger partial charge in [-0.05, 0) is 82.2 Å². The molecule has 0 fully saturated rings. The molecular formula is C46H65NO2. The van der Waals surface area contributed by atoms with Crippen molar-refractivity contribution in [3.8, 4) is 50.3 Å². The molecule has 0 atom stereocenters. The van der Waals surface area contributed by atoms with Gasteiger partial charge in [0.2, 0.25) is 0 Å². The van der Waals surface area contributed by atoms with Crippen LogP contribution in [0, 0.1) is 6.92 Å². The van der Waals surface area contributed by atoms with Gasteiger partial charge >= 0.3 is 0 Å². The summed E-state index contributed by atoms with van der Waals surface area (Å²) in [5.74, 6) is 0.283. The Morgan fingerprint density at radius 1 is 0.510 bits per heavy atom. The number of aliphatic hydroxyl groups excluding tert-OH is 1. The van der Waals surface area contributed by atoms with E-state index >= 15 is 0 Å². The summed E-state index contributed by atoms with van der Waals surface area (Å²) >= 11 is 0. The third-order valence-electron chi connectivity index (χ3n) is 7.02. The topological polar surface area (TPSA) is 52.5 Å². The third-order valence-corrected chi connectivity index (χ3v) is 7.02. The van der Waals surface area contributed by atoms with E-state index in [1.165, 1.54) is 40.7 Å². The monoisotopic (exact) mass is 664 g/mol. The van der Waals surface area contributed by atoms with Gasteiger partial charge in [0, 0.05) is 19.2 Å². The van der Waals surface area contributed by atoms with Crippen LogP contribution >= 0.6 is 0 Å². The second kappa shape index (κ2) is 29.7. The van der Waals surface area contributed by atoms with Crippen molar-refractivity contribution in [1.82, 2.24) is 5.32 Å². The van der Waals surface area contributed by atoms with Crippen molar-refractivity contribution in [3.05, 3.63) is 140 Å². The SMILES string of the molecule is C=C.CC.CC.CC.CCCC.CNCc1ccccc1-c1cccc(-c2ccc(-c3cccc(-c4ccccc4C)c3)c(O)c2)c1.CO. The van der Waals surface area contributed by atoms with Gasteiger partial charge in [-0.2, -0.15) is 0 Å². The molecule has 0 heterocycles. The molecule has 0 bridgehead atoms. The molecule has 0 aromatic heterocycles. The lowest BCUT2D eigenvalue weighted by Crippen LogP contribution is -2.06. The lowest BCUT2D eigenvalue weighted by atomic mass is 9.93. The smallest absolute Gasteiger partial charge is 0.124 e. The highest BCUT2D eigenvalue weighted by atomic mass is 16.3. The Labute approximate surface area is 300 Å². The highest BCUT2D eigenvalue weighted by molar-refractivity contribution is 5.81. The van der Waals surface area contributed by atoms with Crippen LogP contribution in [0.4, 0.5) is 0 Å². The van der Waals surface area contributed by atoms with Gasteiger partial charge in [-0.15, -0.1) is 13.2 Å². The number of rotatable bonds is 7. The summed E-state index contributed by atoms with van der Waals surface area (Å²) in [6.45, 7) is 25.3. The maximum Gasteiger partial charge on any atom is 0.124 e. The van der Waals surface area contributed by atoms with Crippen LogP contribution in [0.15, 0.2) is 128 Å². The molecule has 3 nitrogen and oxygen atoms in total. The summed E-state index contributed by atoms with van der Waals surface area (Å²) in [4.78, 5) is 0. The molecule has 0 aliphatic carbocycles. The van der Waals surface area contributed by atoms with Gasteiger partial charge in [0.05, 0.1) is 0 Å². The minimum absolute atomic E-state index is 0.283. The van der Waals surface area contributed by atoms with Crippen LogP contribution in [0.5, 0.6) is 5.75 Å². The summed E-state index contributed by atoms with van der Waals surface area (Å²) in [6.07, 6.45) is 2.64. The standard InChI is InChI=1S/C33H29NO.C4H10.3C2H6.C2H4.CH4O/c1-23-9-3-5-15-30(23)26-12-8-14-28(20-26)32-18-17-25(21-33(32)35)24-11-7-13-27(19-24)31-16-6-4-10-29(31)22-34-2;1-3-4-2;5*1-2/h3-21,34-35H,22H2,1-2H3;3-4H2,1-2H3;3*1-2H3;1-2H2;2H,1H3. The first-order valence-corrected chi connectivity index (χ1v) is 17.8. The number of hydrogen-bond acceptors (Lipinski definition) is 3. The molecular weight excluding hydrogens is 599 g/mol. The van der Waals surface area contributed by atoms with Crippen molar-refractivity contribution in [2.24, 2.45) is 0 Å². The van der Waals surface area contributed by atoms with E-state index in [1.54, 1.807) is 0 Å². The van der Waals surface area contributed by atoms with Crippen LogP contribution in [0.3, 0.4) is 0 Å². The molecule has 0 aliphatic rings. The third kappa shape index (κ3) is 15.1. The van der Waals surface area contributed by atoms with Gasteiger partial charge in [-0.3, -0.25) is 0 Å². The predicted molar refractivity (Wildman–Crippen MR) is 221 cm³/mol. The Kier molecular flexibility index (Phi) is 28.3.